The molecule has 0 amide bonds. The van der Waals surface area contributed by atoms with E-state index in [2.05, 4.69) is 37.8 Å². The number of anilines is 1. The third-order valence-electron chi connectivity index (χ3n) is 2.96. The van der Waals surface area contributed by atoms with E-state index in [0.29, 0.717) is 0 Å². The molecule has 0 heterocycles. The van der Waals surface area contributed by atoms with Crippen LogP contribution in [0.4, 0.5) is 5.69 Å². The fourth-order valence-corrected chi connectivity index (χ4v) is 1.73. The molecule has 96 valence electrons. The minimum atomic E-state index is -0.342. The van der Waals surface area contributed by atoms with Gasteiger partial charge in [-0.05, 0) is 36.0 Å². The van der Waals surface area contributed by atoms with Crippen LogP contribution in [0.15, 0.2) is 24.3 Å². The monoisotopic (exact) mass is 235 g/mol. The summed E-state index contributed by atoms with van der Waals surface area (Å²) < 4.78 is 0. The molecular weight excluding hydrogens is 210 g/mol. The van der Waals surface area contributed by atoms with Crippen LogP contribution in [-0.2, 0) is 0 Å². The molecule has 1 aromatic carbocycles. The van der Waals surface area contributed by atoms with Gasteiger partial charge >= 0.3 is 0 Å². The van der Waals surface area contributed by atoms with Crippen molar-refractivity contribution in [3.8, 4) is 0 Å². The highest BCUT2D eigenvalue weighted by Crippen LogP contribution is 2.27. The van der Waals surface area contributed by atoms with Crippen LogP contribution in [0.5, 0.6) is 0 Å². The molecule has 2 heteroatoms. The predicted molar refractivity (Wildman–Crippen MR) is 74.4 cm³/mol. The Kier molecular flexibility index (Phi) is 4.58. The summed E-state index contributed by atoms with van der Waals surface area (Å²) in [5.41, 5.74) is 2.46. The van der Waals surface area contributed by atoms with Gasteiger partial charge < -0.3 is 10.0 Å². The first-order chi connectivity index (χ1) is 7.79. The highest BCUT2D eigenvalue weighted by atomic mass is 16.3. The largest absolute Gasteiger partial charge is 0.388 e. The van der Waals surface area contributed by atoms with Gasteiger partial charge in [-0.25, -0.2) is 0 Å². The fourth-order valence-electron chi connectivity index (χ4n) is 1.73. The minimum Gasteiger partial charge on any atom is -0.388 e. The summed E-state index contributed by atoms with van der Waals surface area (Å²) in [6.45, 7) is 6.61. The molecule has 0 saturated heterocycles. The Labute approximate surface area is 105 Å². The SMILES string of the molecule is CN(C)c1ccc(C(O)CCC(C)(C)C)cc1. The van der Waals surface area contributed by atoms with E-state index in [1.54, 1.807) is 0 Å². The van der Waals surface area contributed by atoms with E-state index in [4.69, 9.17) is 0 Å². The normalized spacial score (nSPS) is 13.5. The molecule has 0 aromatic heterocycles. The number of benzene rings is 1. The number of nitrogens with zero attached hydrogens (tertiary/aromatic N) is 1. The van der Waals surface area contributed by atoms with Crippen molar-refractivity contribution in [2.75, 3.05) is 19.0 Å². The smallest absolute Gasteiger partial charge is 0.0790 e. The van der Waals surface area contributed by atoms with Gasteiger partial charge in [0.05, 0.1) is 6.10 Å². The van der Waals surface area contributed by atoms with Crippen molar-refractivity contribution in [3.05, 3.63) is 29.8 Å². The lowest BCUT2D eigenvalue weighted by Crippen LogP contribution is -2.10. The summed E-state index contributed by atoms with van der Waals surface area (Å²) in [6.07, 6.45) is 1.51. The standard InChI is InChI=1S/C15H25NO/c1-15(2,3)11-10-14(17)12-6-8-13(9-7-12)16(4)5/h6-9,14,17H,10-11H2,1-5H3. The molecule has 0 bridgehead atoms. The average molecular weight is 235 g/mol. The lowest BCUT2D eigenvalue weighted by atomic mass is 9.88. The first kappa shape index (κ1) is 14.0. The van der Waals surface area contributed by atoms with E-state index < -0.39 is 0 Å². The summed E-state index contributed by atoms with van der Waals surface area (Å²) in [5, 5.41) is 10.1. The lowest BCUT2D eigenvalue weighted by Gasteiger charge is -2.21. The van der Waals surface area contributed by atoms with E-state index in [-0.39, 0.29) is 11.5 Å². The molecule has 0 aliphatic carbocycles. The Bertz CT molecular complexity index is 335. The van der Waals surface area contributed by atoms with Crippen molar-refractivity contribution in [1.82, 2.24) is 0 Å². The maximum absolute atomic E-state index is 10.1. The maximum atomic E-state index is 10.1. The quantitative estimate of drug-likeness (QED) is 0.861. The number of rotatable bonds is 4. The summed E-state index contributed by atoms with van der Waals surface area (Å²) in [4.78, 5) is 2.06. The molecule has 1 N–H and O–H groups in total. The Morgan fingerprint density at radius 1 is 1.12 bits per heavy atom. The molecule has 2 nitrogen and oxygen atoms in total. The van der Waals surface area contributed by atoms with Crippen molar-refractivity contribution < 1.29 is 5.11 Å². The van der Waals surface area contributed by atoms with E-state index in [9.17, 15) is 5.11 Å². The van der Waals surface area contributed by atoms with Crippen LogP contribution in [0.2, 0.25) is 0 Å². The van der Waals surface area contributed by atoms with Gasteiger partial charge in [-0.1, -0.05) is 32.9 Å². The van der Waals surface area contributed by atoms with Crippen molar-refractivity contribution in [1.29, 1.82) is 0 Å². The van der Waals surface area contributed by atoms with Crippen molar-refractivity contribution >= 4 is 5.69 Å². The van der Waals surface area contributed by atoms with Gasteiger partial charge in [0.1, 0.15) is 0 Å². The summed E-state index contributed by atoms with van der Waals surface area (Å²) in [7, 11) is 4.04. The van der Waals surface area contributed by atoms with E-state index in [0.717, 1.165) is 24.1 Å². The Hall–Kier alpha value is -1.02. The molecule has 0 saturated carbocycles. The van der Waals surface area contributed by atoms with Gasteiger partial charge in [0.15, 0.2) is 0 Å². The van der Waals surface area contributed by atoms with Crippen LogP contribution in [-0.4, -0.2) is 19.2 Å². The van der Waals surface area contributed by atoms with Crippen molar-refractivity contribution in [2.24, 2.45) is 5.41 Å². The average Bonchev–Trinajstić information content (AvgIpc) is 2.25. The van der Waals surface area contributed by atoms with Crippen LogP contribution < -0.4 is 4.90 Å². The second-order valence-electron chi connectivity index (χ2n) is 6.10. The second-order valence-corrected chi connectivity index (χ2v) is 6.10. The Balaban J connectivity index is 2.60. The highest BCUT2D eigenvalue weighted by Gasteiger charge is 2.14. The van der Waals surface area contributed by atoms with Crippen molar-refractivity contribution in [2.45, 2.75) is 39.7 Å². The minimum absolute atomic E-state index is 0.282. The topological polar surface area (TPSA) is 23.5 Å². The zero-order chi connectivity index (χ0) is 13.1. The Morgan fingerprint density at radius 2 is 1.65 bits per heavy atom. The van der Waals surface area contributed by atoms with Gasteiger partial charge in [0, 0.05) is 19.8 Å². The third kappa shape index (κ3) is 4.78. The van der Waals surface area contributed by atoms with Gasteiger partial charge in [0.2, 0.25) is 0 Å². The van der Waals surface area contributed by atoms with E-state index in [1.807, 2.05) is 26.2 Å². The van der Waals surface area contributed by atoms with Crippen LogP contribution in [0.25, 0.3) is 0 Å². The van der Waals surface area contributed by atoms with E-state index in [1.165, 1.54) is 0 Å². The van der Waals surface area contributed by atoms with Crippen LogP contribution in [0, 0.1) is 5.41 Å². The number of aliphatic hydroxyl groups is 1. The lowest BCUT2D eigenvalue weighted by molar-refractivity contribution is 0.147. The highest BCUT2D eigenvalue weighted by molar-refractivity contribution is 5.46. The molecule has 0 radical (unpaired) electrons. The summed E-state index contributed by atoms with van der Waals surface area (Å²) in [5.74, 6) is 0. The number of hydrogen-bond acceptors (Lipinski definition) is 2. The van der Waals surface area contributed by atoms with Crippen LogP contribution in [0.3, 0.4) is 0 Å². The molecule has 0 fully saturated rings. The van der Waals surface area contributed by atoms with Crippen LogP contribution in [0.1, 0.15) is 45.3 Å². The first-order valence-electron chi connectivity index (χ1n) is 6.25. The molecule has 17 heavy (non-hydrogen) atoms. The van der Waals surface area contributed by atoms with Gasteiger partial charge in [0.25, 0.3) is 0 Å². The zero-order valence-corrected chi connectivity index (χ0v) is 11.7. The summed E-state index contributed by atoms with van der Waals surface area (Å²) >= 11 is 0. The maximum Gasteiger partial charge on any atom is 0.0790 e. The number of aliphatic hydroxyl groups excluding tert-OH is 1. The van der Waals surface area contributed by atoms with Gasteiger partial charge in [-0.2, -0.15) is 0 Å². The fraction of sp³-hybridized carbons (Fsp3) is 0.600. The second kappa shape index (κ2) is 5.54. The molecule has 1 aromatic rings. The van der Waals surface area contributed by atoms with E-state index >= 15 is 0 Å². The number of hydrogen-bond donors (Lipinski definition) is 1. The molecule has 1 unspecified atom stereocenters. The van der Waals surface area contributed by atoms with Crippen molar-refractivity contribution in [3.63, 3.8) is 0 Å². The third-order valence-corrected chi connectivity index (χ3v) is 2.96. The molecule has 0 aliphatic heterocycles. The Morgan fingerprint density at radius 3 is 2.06 bits per heavy atom. The predicted octanol–water partition coefficient (Wildman–Crippen LogP) is 3.61. The molecule has 1 rings (SSSR count). The molecular formula is C15H25NO. The molecule has 1 atom stereocenters. The molecule has 0 aliphatic rings. The zero-order valence-electron chi connectivity index (χ0n) is 11.7. The van der Waals surface area contributed by atoms with Crippen LogP contribution >= 0.6 is 0 Å². The summed E-state index contributed by atoms with van der Waals surface area (Å²) in [6, 6.07) is 8.14. The van der Waals surface area contributed by atoms with Gasteiger partial charge in [-0.3, -0.25) is 0 Å². The molecule has 0 spiro atoms. The first-order valence-corrected chi connectivity index (χ1v) is 6.25. The van der Waals surface area contributed by atoms with Gasteiger partial charge in [-0.15, -0.1) is 0 Å².